The predicted molar refractivity (Wildman–Crippen MR) is 70.5 cm³/mol. The fourth-order valence-corrected chi connectivity index (χ4v) is 1.68. The molecule has 0 bridgehead atoms. The SMILES string of the molecule is C=C(C)C[C@@H](N)c1ccc(OCC)c(OC)c1. The first-order valence-electron chi connectivity index (χ1n) is 5.79. The van der Waals surface area contributed by atoms with Gasteiger partial charge in [0, 0.05) is 6.04 Å². The molecule has 0 aliphatic rings. The van der Waals surface area contributed by atoms with Crippen LogP contribution in [0.2, 0.25) is 0 Å². The molecule has 0 saturated heterocycles. The summed E-state index contributed by atoms with van der Waals surface area (Å²) in [6, 6.07) is 5.76. The Labute approximate surface area is 103 Å². The Morgan fingerprint density at radius 1 is 1.41 bits per heavy atom. The maximum absolute atomic E-state index is 6.09. The van der Waals surface area contributed by atoms with Gasteiger partial charge in [-0.05, 0) is 38.0 Å². The Kier molecular flexibility index (Phi) is 5.04. The predicted octanol–water partition coefficient (Wildman–Crippen LogP) is 3.06. The lowest BCUT2D eigenvalue weighted by atomic mass is 10.0. The largest absolute Gasteiger partial charge is 0.493 e. The van der Waals surface area contributed by atoms with E-state index in [1.54, 1.807) is 7.11 Å². The van der Waals surface area contributed by atoms with Crippen LogP contribution in [0.4, 0.5) is 0 Å². The van der Waals surface area contributed by atoms with Gasteiger partial charge in [-0.15, -0.1) is 6.58 Å². The highest BCUT2D eigenvalue weighted by molar-refractivity contribution is 5.44. The third kappa shape index (κ3) is 3.79. The molecular formula is C14H21NO2. The Bertz CT molecular complexity index is 388. The third-order valence-corrected chi connectivity index (χ3v) is 2.48. The standard InChI is InChI=1S/C14H21NO2/c1-5-17-13-7-6-11(9-14(13)16-4)12(15)8-10(2)3/h6-7,9,12H,2,5,8,15H2,1,3-4H3/t12-/m1/s1. The molecule has 0 heterocycles. The Hall–Kier alpha value is -1.48. The first kappa shape index (κ1) is 13.6. The molecule has 0 spiro atoms. The van der Waals surface area contributed by atoms with E-state index < -0.39 is 0 Å². The van der Waals surface area contributed by atoms with Crippen LogP contribution in [-0.2, 0) is 0 Å². The number of nitrogens with two attached hydrogens (primary N) is 1. The van der Waals surface area contributed by atoms with Crippen LogP contribution in [0.25, 0.3) is 0 Å². The molecule has 0 aromatic heterocycles. The first-order valence-corrected chi connectivity index (χ1v) is 5.79. The second kappa shape index (κ2) is 6.30. The topological polar surface area (TPSA) is 44.5 Å². The monoisotopic (exact) mass is 235 g/mol. The molecule has 0 radical (unpaired) electrons. The molecule has 0 saturated carbocycles. The molecule has 17 heavy (non-hydrogen) atoms. The third-order valence-electron chi connectivity index (χ3n) is 2.48. The summed E-state index contributed by atoms with van der Waals surface area (Å²) in [7, 11) is 1.63. The Balaban J connectivity index is 2.92. The average Bonchev–Trinajstić information content (AvgIpc) is 2.29. The van der Waals surface area contributed by atoms with E-state index in [1.807, 2.05) is 32.0 Å². The van der Waals surface area contributed by atoms with Crippen molar-refractivity contribution in [3.05, 3.63) is 35.9 Å². The zero-order chi connectivity index (χ0) is 12.8. The summed E-state index contributed by atoms with van der Waals surface area (Å²) in [5.41, 5.74) is 8.20. The van der Waals surface area contributed by atoms with Gasteiger partial charge < -0.3 is 15.2 Å². The second-order valence-corrected chi connectivity index (χ2v) is 4.11. The van der Waals surface area contributed by atoms with E-state index in [2.05, 4.69) is 6.58 Å². The fraction of sp³-hybridized carbons (Fsp3) is 0.429. The number of methoxy groups -OCH3 is 1. The van der Waals surface area contributed by atoms with Gasteiger partial charge in [-0.25, -0.2) is 0 Å². The quantitative estimate of drug-likeness (QED) is 0.771. The van der Waals surface area contributed by atoms with Crippen molar-refractivity contribution < 1.29 is 9.47 Å². The smallest absolute Gasteiger partial charge is 0.161 e. The highest BCUT2D eigenvalue weighted by atomic mass is 16.5. The van der Waals surface area contributed by atoms with Crippen molar-refractivity contribution in [3.8, 4) is 11.5 Å². The van der Waals surface area contributed by atoms with E-state index in [-0.39, 0.29) is 6.04 Å². The molecule has 0 amide bonds. The molecule has 1 aromatic carbocycles. The van der Waals surface area contributed by atoms with E-state index in [4.69, 9.17) is 15.2 Å². The van der Waals surface area contributed by atoms with Crippen molar-refractivity contribution in [3.63, 3.8) is 0 Å². The first-order chi connectivity index (χ1) is 8.08. The van der Waals surface area contributed by atoms with Crippen molar-refractivity contribution in [2.45, 2.75) is 26.3 Å². The number of benzene rings is 1. The summed E-state index contributed by atoms with van der Waals surface area (Å²) >= 11 is 0. The van der Waals surface area contributed by atoms with E-state index in [9.17, 15) is 0 Å². The molecule has 0 aliphatic heterocycles. The van der Waals surface area contributed by atoms with Gasteiger partial charge >= 0.3 is 0 Å². The van der Waals surface area contributed by atoms with Gasteiger partial charge in [-0.3, -0.25) is 0 Å². The Morgan fingerprint density at radius 3 is 2.65 bits per heavy atom. The summed E-state index contributed by atoms with van der Waals surface area (Å²) in [6.45, 7) is 8.42. The van der Waals surface area contributed by atoms with E-state index in [0.29, 0.717) is 6.61 Å². The summed E-state index contributed by atoms with van der Waals surface area (Å²) in [5, 5.41) is 0. The minimum atomic E-state index is -0.0444. The summed E-state index contributed by atoms with van der Waals surface area (Å²) in [6.07, 6.45) is 0.775. The van der Waals surface area contributed by atoms with Crippen LogP contribution in [0, 0.1) is 0 Å². The average molecular weight is 235 g/mol. The summed E-state index contributed by atoms with van der Waals surface area (Å²) < 4.78 is 10.8. The van der Waals surface area contributed by atoms with Gasteiger partial charge in [0.2, 0.25) is 0 Å². The lowest BCUT2D eigenvalue weighted by molar-refractivity contribution is 0.310. The van der Waals surface area contributed by atoms with Crippen LogP contribution in [-0.4, -0.2) is 13.7 Å². The lowest BCUT2D eigenvalue weighted by Gasteiger charge is -2.15. The number of ether oxygens (including phenoxy) is 2. The van der Waals surface area contributed by atoms with Crippen LogP contribution in [0.1, 0.15) is 31.9 Å². The zero-order valence-electron chi connectivity index (χ0n) is 10.8. The van der Waals surface area contributed by atoms with E-state index in [0.717, 1.165) is 29.1 Å². The van der Waals surface area contributed by atoms with Gasteiger partial charge in [0.25, 0.3) is 0 Å². The van der Waals surface area contributed by atoms with Crippen molar-refractivity contribution >= 4 is 0 Å². The van der Waals surface area contributed by atoms with Crippen molar-refractivity contribution in [1.82, 2.24) is 0 Å². The van der Waals surface area contributed by atoms with Crippen LogP contribution in [0.15, 0.2) is 30.4 Å². The minimum absolute atomic E-state index is 0.0444. The normalized spacial score (nSPS) is 12.0. The van der Waals surface area contributed by atoms with Crippen LogP contribution < -0.4 is 15.2 Å². The fourth-order valence-electron chi connectivity index (χ4n) is 1.68. The number of hydrogen-bond acceptors (Lipinski definition) is 3. The maximum Gasteiger partial charge on any atom is 0.161 e. The van der Waals surface area contributed by atoms with E-state index in [1.165, 1.54) is 0 Å². The maximum atomic E-state index is 6.09. The minimum Gasteiger partial charge on any atom is -0.493 e. The lowest BCUT2D eigenvalue weighted by Crippen LogP contribution is -2.10. The molecule has 1 aromatic rings. The van der Waals surface area contributed by atoms with Gasteiger partial charge in [0.05, 0.1) is 13.7 Å². The molecule has 0 fully saturated rings. The molecule has 2 N–H and O–H groups in total. The number of hydrogen-bond donors (Lipinski definition) is 1. The highest BCUT2D eigenvalue weighted by Crippen LogP contribution is 2.31. The second-order valence-electron chi connectivity index (χ2n) is 4.11. The van der Waals surface area contributed by atoms with Gasteiger partial charge in [0.15, 0.2) is 11.5 Å². The molecule has 94 valence electrons. The molecule has 3 nitrogen and oxygen atoms in total. The zero-order valence-corrected chi connectivity index (χ0v) is 10.8. The summed E-state index contributed by atoms with van der Waals surface area (Å²) in [4.78, 5) is 0. The van der Waals surface area contributed by atoms with Gasteiger partial charge in [-0.1, -0.05) is 11.6 Å². The van der Waals surface area contributed by atoms with Crippen LogP contribution in [0.3, 0.4) is 0 Å². The molecule has 0 unspecified atom stereocenters. The van der Waals surface area contributed by atoms with Crippen molar-refractivity contribution in [2.24, 2.45) is 5.73 Å². The highest BCUT2D eigenvalue weighted by Gasteiger charge is 2.10. The van der Waals surface area contributed by atoms with Crippen molar-refractivity contribution in [2.75, 3.05) is 13.7 Å². The molecule has 0 aliphatic carbocycles. The molecule has 3 heteroatoms. The molecule has 1 rings (SSSR count). The Morgan fingerprint density at radius 2 is 2.12 bits per heavy atom. The van der Waals surface area contributed by atoms with Gasteiger partial charge in [-0.2, -0.15) is 0 Å². The van der Waals surface area contributed by atoms with Crippen LogP contribution >= 0.6 is 0 Å². The van der Waals surface area contributed by atoms with Crippen LogP contribution in [0.5, 0.6) is 11.5 Å². The molecular weight excluding hydrogens is 214 g/mol. The molecule has 1 atom stereocenters. The van der Waals surface area contributed by atoms with Gasteiger partial charge in [0.1, 0.15) is 0 Å². The van der Waals surface area contributed by atoms with Crippen molar-refractivity contribution in [1.29, 1.82) is 0 Å². The van der Waals surface area contributed by atoms with E-state index >= 15 is 0 Å². The summed E-state index contributed by atoms with van der Waals surface area (Å²) in [5.74, 6) is 1.47. The number of rotatable bonds is 6.